The van der Waals surface area contributed by atoms with Gasteiger partial charge >= 0.3 is 5.97 Å². The van der Waals surface area contributed by atoms with Crippen LogP contribution in [0.5, 0.6) is 0 Å². The Morgan fingerprint density at radius 1 is 1.39 bits per heavy atom. The molecule has 0 aromatic heterocycles. The third kappa shape index (κ3) is 1.67. The molecule has 3 fully saturated rings. The van der Waals surface area contributed by atoms with E-state index >= 15 is 0 Å². The third-order valence-corrected chi connectivity index (χ3v) is 4.07. The average Bonchev–Trinajstić information content (AvgIpc) is 2.83. The van der Waals surface area contributed by atoms with E-state index in [4.69, 9.17) is 14.2 Å². The second-order valence-corrected chi connectivity index (χ2v) is 5.70. The molecule has 3 aliphatic heterocycles. The summed E-state index contributed by atoms with van der Waals surface area (Å²) in [6.45, 7) is 4.91. The second kappa shape index (κ2) is 3.90. The van der Waals surface area contributed by atoms with Crippen molar-refractivity contribution in [2.24, 2.45) is 5.92 Å². The number of aliphatic hydroxyl groups excluding tert-OH is 1. The predicted molar refractivity (Wildman–Crippen MR) is 60.7 cm³/mol. The molecule has 0 spiro atoms. The van der Waals surface area contributed by atoms with E-state index in [0.29, 0.717) is 13.1 Å². The summed E-state index contributed by atoms with van der Waals surface area (Å²) in [5.74, 6) is -1.53. The first-order chi connectivity index (χ1) is 8.43. The molecular formula is C12H19NO5. The summed E-state index contributed by atoms with van der Waals surface area (Å²) in [6.07, 6.45) is -0.874. The Hall–Kier alpha value is -0.690. The van der Waals surface area contributed by atoms with Crippen LogP contribution >= 0.6 is 0 Å². The van der Waals surface area contributed by atoms with Gasteiger partial charge in [-0.1, -0.05) is 0 Å². The van der Waals surface area contributed by atoms with Gasteiger partial charge in [0.05, 0.1) is 19.3 Å². The zero-order valence-electron chi connectivity index (χ0n) is 10.8. The van der Waals surface area contributed by atoms with Crippen molar-refractivity contribution in [3.8, 4) is 0 Å². The fourth-order valence-corrected chi connectivity index (χ4v) is 3.50. The van der Waals surface area contributed by atoms with E-state index in [9.17, 15) is 9.90 Å². The highest BCUT2D eigenvalue weighted by Gasteiger charge is 2.61. The van der Waals surface area contributed by atoms with Crippen LogP contribution in [0.4, 0.5) is 0 Å². The van der Waals surface area contributed by atoms with Crippen LogP contribution in [0.3, 0.4) is 0 Å². The van der Waals surface area contributed by atoms with Gasteiger partial charge in [0, 0.05) is 13.1 Å². The predicted octanol–water partition coefficient (Wildman–Crippen LogP) is -0.646. The van der Waals surface area contributed by atoms with Crippen molar-refractivity contribution < 1.29 is 24.1 Å². The SMILES string of the molecule is COC(=O)[C@@H]1[C@H]2[C@@H]3OC(C)(C)O[C@@H]3CN2C[C@H]1O. The lowest BCUT2D eigenvalue weighted by Gasteiger charge is -2.26. The molecular weight excluding hydrogens is 238 g/mol. The molecule has 3 heterocycles. The number of aliphatic hydroxyl groups is 1. The fourth-order valence-electron chi connectivity index (χ4n) is 3.50. The molecule has 102 valence electrons. The maximum atomic E-state index is 11.8. The van der Waals surface area contributed by atoms with E-state index in [2.05, 4.69) is 4.90 Å². The molecule has 0 saturated carbocycles. The highest BCUT2D eigenvalue weighted by Crippen LogP contribution is 2.43. The van der Waals surface area contributed by atoms with Gasteiger partial charge in [-0.3, -0.25) is 9.69 Å². The molecule has 18 heavy (non-hydrogen) atoms. The largest absolute Gasteiger partial charge is 0.469 e. The first kappa shape index (κ1) is 12.3. The zero-order chi connectivity index (χ0) is 13.1. The molecule has 0 unspecified atom stereocenters. The summed E-state index contributed by atoms with van der Waals surface area (Å²) >= 11 is 0. The quantitative estimate of drug-likeness (QED) is 0.630. The van der Waals surface area contributed by atoms with E-state index in [-0.39, 0.29) is 24.2 Å². The van der Waals surface area contributed by atoms with Gasteiger partial charge in [0.2, 0.25) is 0 Å². The first-order valence-electron chi connectivity index (χ1n) is 6.28. The molecule has 3 saturated heterocycles. The van der Waals surface area contributed by atoms with Crippen LogP contribution in [0, 0.1) is 5.92 Å². The van der Waals surface area contributed by atoms with Crippen molar-refractivity contribution >= 4 is 5.97 Å². The topological polar surface area (TPSA) is 68.2 Å². The second-order valence-electron chi connectivity index (χ2n) is 5.70. The Bertz CT molecular complexity index is 371. The van der Waals surface area contributed by atoms with Gasteiger partial charge in [-0.15, -0.1) is 0 Å². The summed E-state index contributed by atoms with van der Waals surface area (Å²) in [6, 6.07) is -0.140. The van der Waals surface area contributed by atoms with Crippen LogP contribution in [0.25, 0.3) is 0 Å². The summed E-state index contributed by atoms with van der Waals surface area (Å²) in [4.78, 5) is 13.9. The highest BCUT2D eigenvalue weighted by atomic mass is 16.8. The minimum Gasteiger partial charge on any atom is -0.469 e. The van der Waals surface area contributed by atoms with Gasteiger partial charge in [-0.2, -0.15) is 0 Å². The number of rotatable bonds is 1. The maximum Gasteiger partial charge on any atom is 0.313 e. The third-order valence-electron chi connectivity index (χ3n) is 4.07. The van der Waals surface area contributed by atoms with Gasteiger partial charge < -0.3 is 19.3 Å². The van der Waals surface area contributed by atoms with Gasteiger partial charge in [-0.05, 0) is 13.8 Å². The van der Waals surface area contributed by atoms with Crippen molar-refractivity contribution in [2.75, 3.05) is 20.2 Å². The Kier molecular flexibility index (Phi) is 2.68. The van der Waals surface area contributed by atoms with Crippen molar-refractivity contribution in [1.29, 1.82) is 0 Å². The number of esters is 1. The smallest absolute Gasteiger partial charge is 0.313 e. The van der Waals surface area contributed by atoms with E-state index < -0.39 is 17.8 Å². The monoisotopic (exact) mass is 257 g/mol. The molecule has 0 aliphatic carbocycles. The van der Waals surface area contributed by atoms with Crippen molar-refractivity contribution in [1.82, 2.24) is 4.90 Å². The molecule has 0 aromatic rings. The van der Waals surface area contributed by atoms with Crippen LogP contribution in [0.1, 0.15) is 13.8 Å². The number of hydrogen-bond donors (Lipinski definition) is 1. The fraction of sp³-hybridized carbons (Fsp3) is 0.917. The molecule has 0 aromatic carbocycles. The lowest BCUT2D eigenvalue weighted by atomic mass is 9.94. The number of nitrogens with zero attached hydrogens (tertiary/aromatic N) is 1. The average molecular weight is 257 g/mol. The summed E-state index contributed by atoms with van der Waals surface area (Å²) in [5, 5.41) is 10.0. The van der Waals surface area contributed by atoms with Crippen LogP contribution in [-0.4, -0.2) is 66.3 Å². The minimum absolute atomic E-state index is 0.0235. The number of methoxy groups -OCH3 is 1. The molecule has 3 aliphatic rings. The van der Waals surface area contributed by atoms with Crippen molar-refractivity contribution in [2.45, 2.75) is 44.0 Å². The lowest BCUT2D eigenvalue weighted by Crippen LogP contribution is -2.42. The number of carbonyl (C=O) groups is 1. The van der Waals surface area contributed by atoms with E-state index in [1.165, 1.54) is 7.11 Å². The minimum atomic E-state index is -0.685. The van der Waals surface area contributed by atoms with E-state index in [0.717, 1.165) is 0 Å². The maximum absolute atomic E-state index is 11.8. The molecule has 6 heteroatoms. The Balaban J connectivity index is 1.85. The van der Waals surface area contributed by atoms with Gasteiger partial charge in [-0.25, -0.2) is 0 Å². The Morgan fingerprint density at radius 2 is 2.11 bits per heavy atom. The van der Waals surface area contributed by atoms with Gasteiger partial charge in [0.1, 0.15) is 18.1 Å². The summed E-state index contributed by atoms with van der Waals surface area (Å²) < 4.78 is 16.5. The molecule has 0 bridgehead atoms. The normalized spacial score (nSPS) is 45.9. The Labute approximate surface area is 106 Å². The van der Waals surface area contributed by atoms with Crippen LogP contribution in [0.15, 0.2) is 0 Å². The molecule has 6 nitrogen and oxygen atoms in total. The standard InChI is InChI=1S/C12H19NO5/c1-12(2)17-7-5-13-4-6(14)8(11(15)16-3)9(13)10(7)18-12/h6-10,14H,4-5H2,1-3H3/t6-,7-,8+,9+,10-/m1/s1. The number of fused-ring (bicyclic) bond motifs is 3. The summed E-state index contributed by atoms with van der Waals surface area (Å²) in [7, 11) is 1.35. The Morgan fingerprint density at radius 3 is 2.78 bits per heavy atom. The van der Waals surface area contributed by atoms with Crippen LogP contribution < -0.4 is 0 Å². The van der Waals surface area contributed by atoms with E-state index in [1.807, 2.05) is 13.8 Å². The number of ether oxygens (including phenoxy) is 3. The number of carbonyl (C=O) groups excluding carboxylic acids is 1. The summed E-state index contributed by atoms with van der Waals surface area (Å²) in [5.41, 5.74) is 0. The molecule has 3 rings (SSSR count). The van der Waals surface area contributed by atoms with Crippen molar-refractivity contribution in [3.05, 3.63) is 0 Å². The van der Waals surface area contributed by atoms with E-state index in [1.54, 1.807) is 0 Å². The highest BCUT2D eigenvalue weighted by molar-refractivity contribution is 5.74. The lowest BCUT2D eigenvalue weighted by molar-refractivity contribution is -0.166. The molecule has 1 N–H and O–H groups in total. The number of hydrogen-bond acceptors (Lipinski definition) is 6. The molecule has 0 radical (unpaired) electrons. The first-order valence-corrected chi connectivity index (χ1v) is 6.28. The zero-order valence-corrected chi connectivity index (χ0v) is 10.8. The molecule has 5 atom stereocenters. The molecule has 0 amide bonds. The van der Waals surface area contributed by atoms with Crippen LogP contribution in [-0.2, 0) is 19.0 Å². The van der Waals surface area contributed by atoms with Crippen molar-refractivity contribution in [3.63, 3.8) is 0 Å². The van der Waals surface area contributed by atoms with Gasteiger partial charge in [0.25, 0.3) is 0 Å². The van der Waals surface area contributed by atoms with Crippen LogP contribution in [0.2, 0.25) is 0 Å². The van der Waals surface area contributed by atoms with Gasteiger partial charge in [0.15, 0.2) is 5.79 Å².